The van der Waals surface area contributed by atoms with Crippen molar-refractivity contribution in [2.75, 3.05) is 39.4 Å². The fourth-order valence-corrected chi connectivity index (χ4v) is 1.99. The Labute approximate surface area is 135 Å². The van der Waals surface area contributed by atoms with Gasteiger partial charge < -0.3 is 20.3 Å². The Morgan fingerprint density at radius 1 is 1.26 bits per heavy atom. The first-order chi connectivity index (χ1) is 11.1. The molecule has 2 rings (SSSR count). The molecule has 0 aromatic carbocycles. The summed E-state index contributed by atoms with van der Waals surface area (Å²) in [5.74, 6) is -3.65. The van der Waals surface area contributed by atoms with Crippen molar-refractivity contribution in [2.45, 2.75) is 13.0 Å². The quantitative estimate of drug-likeness (QED) is 0.497. The average Bonchev–Trinajstić information content (AvgIpc) is 2.57. The van der Waals surface area contributed by atoms with E-state index in [-0.39, 0.29) is 0 Å². The highest BCUT2D eigenvalue weighted by Crippen LogP contribution is 1.98. The number of nitrogens with one attached hydrogen (secondary N) is 1. The number of carbonyl (C=O) groups is 2. The van der Waals surface area contributed by atoms with Gasteiger partial charge in [0, 0.05) is 32.0 Å². The minimum absolute atomic E-state index is 0.892. The molecule has 3 N–H and O–H groups in total. The van der Waals surface area contributed by atoms with Crippen molar-refractivity contribution >= 4 is 11.9 Å². The topological polar surface area (TPSA) is 112 Å². The van der Waals surface area contributed by atoms with Gasteiger partial charge in [0.05, 0.1) is 13.2 Å². The summed E-state index contributed by atoms with van der Waals surface area (Å²) in [7, 11) is 0. The molecule has 8 heteroatoms. The van der Waals surface area contributed by atoms with Gasteiger partial charge in [-0.3, -0.25) is 9.88 Å². The zero-order chi connectivity index (χ0) is 16.9. The monoisotopic (exact) mass is 325 g/mol. The van der Waals surface area contributed by atoms with Gasteiger partial charge >= 0.3 is 11.9 Å². The third kappa shape index (κ3) is 9.56. The number of aliphatic carboxylic acids is 2. The molecule has 23 heavy (non-hydrogen) atoms. The van der Waals surface area contributed by atoms with Crippen LogP contribution in [-0.2, 0) is 20.9 Å². The molecule has 0 radical (unpaired) electrons. The number of aromatic nitrogens is 1. The van der Waals surface area contributed by atoms with Crippen LogP contribution in [0.4, 0.5) is 0 Å². The summed E-state index contributed by atoms with van der Waals surface area (Å²) >= 11 is 0. The van der Waals surface area contributed by atoms with Crippen LogP contribution in [0.3, 0.4) is 0 Å². The molecule has 0 saturated carbocycles. The molecular formula is C15H23N3O5. The molecule has 128 valence electrons. The number of morpholine rings is 1. The van der Waals surface area contributed by atoms with E-state index in [2.05, 4.69) is 21.3 Å². The molecule has 0 bridgehead atoms. The molecule has 2 heterocycles. The predicted molar refractivity (Wildman–Crippen MR) is 83.1 cm³/mol. The second-order valence-electron chi connectivity index (χ2n) is 4.96. The first kappa shape index (κ1) is 19.0. The summed E-state index contributed by atoms with van der Waals surface area (Å²) in [6, 6.07) is 4.08. The highest BCUT2D eigenvalue weighted by molar-refractivity contribution is 6.27. The van der Waals surface area contributed by atoms with Crippen molar-refractivity contribution < 1.29 is 24.5 Å². The number of hydrogen-bond donors (Lipinski definition) is 3. The van der Waals surface area contributed by atoms with Crippen molar-refractivity contribution in [3.8, 4) is 0 Å². The van der Waals surface area contributed by atoms with Gasteiger partial charge in [-0.1, -0.05) is 6.07 Å². The van der Waals surface area contributed by atoms with E-state index in [9.17, 15) is 0 Å². The summed E-state index contributed by atoms with van der Waals surface area (Å²) in [6.45, 7) is 7.10. The Bertz CT molecular complexity index is 451. The lowest BCUT2D eigenvalue weighted by Crippen LogP contribution is -2.37. The lowest BCUT2D eigenvalue weighted by molar-refractivity contribution is -0.159. The van der Waals surface area contributed by atoms with E-state index in [1.807, 2.05) is 18.5 Å². The van der Waals surface area contributed by atoms with E-state index in [0.29, 0.717) is 0 Å². The van der Waals surface area contributed by atoms with E-state index >= 15 is 0 Å². The predicted octanol–water partition coefficient (Wildman–Crippen LogP) is 0.0491. The summed E-state index contributed by atoms with van der Waals surface area (Å²) in [4.78, 5) is 24.8. The van der Waals surface area contributed by atoms with Crippen LogP contribution >= 0.6 is 0 Å². The maximum absolute atomic E-state index is 9.10. The van der Waals surface area contributed by atoms with Gasteiger partial charge in [0.15, 0.2) is 0 Å². The number of hydrogen-bond acceptors (Lipinski definition) is 6. The Morgan fingerprint density at radius 3 is 2.52 bits per heavy atom. The zero-order valence-corrected chi connectivity index (χ0v) is 13.0. The lowest BCUT2D eigenvalue weighted by atomic mass is 10.3. The van der Waals surface area contributed by atoms with Gasteiger partial charge in [-0.05, 0) is 31.1 Å². The van der Waals surface area contributed by atoms with Crippen LogP contribution in [0, 0.1) is 0 Å². The van der Waals surface area contributed by atoms with Crippen molar-refractivity contribution in [1.82, 2.24) is 15.2 Å². The smallest absolute Gasteiger partial charge is 0.414 e. The number of carboxylic acid groups (broad SMARTS) is 2. The molecule has 1 aliphatic rings. The first-order valence-electron chi connectivity index (χ1n) is 7.45. The Morgan fingerprint density at radius 2 is 1.96 bits per heavy atom. The van der Waals surface area contributed by atoms with Crippen molar-refractivity contribution in [3.05, 3.63) is 30.1 Å². The van der Waals surface area contributed by atoms with E-state index in [4.69, 9.17) is 24.5 Å². The average molecular weight is 325 g/mol. The summed E-state index contributed by atoms with van der Waals surface area (Å²) in [6.07, 6.45) is 4.91. The van der Waals surface area contributed by atoms with Gasteiger partial charge in [-0.15, -0.1) is 0 Å². The van der Waals surface area contributed by atoms with Crippen LogP contribution in [0.1, 0.15) is 12.0 Å². The standard InChI is InChI=1S/C13H21N3O.C2H2O4/c1-3-13(11-14-4-1)12-15-5-2-6-16-7-9-17-10-8-16;3-1(4)2(5)6/h1,3-4,11,15H,2,5-10,12H2;(H,3,4)(H,5,6). The third-order valence-electron chi connectivity index (χ3n) is 3.17. The number of pyridine rings is 1. The van der Waals surface area contributed by atoms with E-state index in [0.717, 1.165) is 39.4 Å². The van der Waals surface area contributed by atoms with E-state index in [1.54, 1.807) is 0 Å². The molecule has 0 amide bonds. The number of nitrogens with zero attached hydrogens (tertiary/aromatic N) is 2. The van der Waals surface area contributed by atoms with Crippen molar-refractivity contribution in [3.63, 3.8) is 0 Å². The van der Waals surface area contributed by atoms with Crippen LogP contribution in [-0.4, -0.2) is 71.4 Å². The first-order valence-corrected chi connectivity index (χ1v) is 7.45. The molecule has 0 spiro atoms. The summed E-state index contributed by atoms with van der Waals surface area (Å²) in [5.41, 5.74) is 1.25. The molecule has 0 unspecified atom stereocenters. The van der Waals surface area contributed by atoms with E-state index < -0.39 is 11.9 Å². The third-order valence-corrected chi connectivity index (χ3v) is 3.17. The fourth-order valence-electron chi connectivity index (χ4n) is 1.99. The molecular weight excluding hydrogens is 302 g/mol. The zero-order valence-electron chi connectivity index (χ0n) is 13.0. The highest BCUT2D eigenvalue weighted by Gasteiger charge is 2.08. The van der Waals surface area contributed by atoms with Crippen LogP contribution in [0.2, 0.25) is 0 Å². The molecule has 8 nitrogen and oxygen atoms in total. The summed E-state index contributed by atoms with van der Waals surface area (Å²) in [5, 5.41) is 18.2. The molecule has 1 aliphatic heterocycles. The second kappa shape index (κ2) is 11.5. The largest absolute Gasteiger partial charge is 0.473 e. The normalized spacial score (nSPS) is 14.6. The van der Waals surface area contributed by atoms with Gasteiger partial charge in [-0.25, -0.2) is 9.59 Å². The van der Waals surface area contributed by atoms with Crippen molar-refractivity contribution in [1.29, 1.82) is 0 Å². The molecule has 1 aromatic heterocycles. The van der Waals surface area contributed by atoms with Crippen LogP contribution in [0.25, 0.3) is 0 Å². The molecule has 1 saturated heterocycles. The lowest BCUT2D eigenvalue weighted by Gasteiger charge is -2.26. The van der Waals surface area contributed by atoms with Gasteiger partial charge in [0.25, 0.3) is 0 Å². The minimum Gasteiger partial charge on any atom is -0.473 e. The molecule has 1 aromatic rings. The Kier molecular flexibility index (Phi) is 9.53. The van der Waals surface area contributed by atoms with Crippen LogP contribution in [0.5, 0.6) is 0 Å². The number of carboxylic acids is 2. The van der Waals surface area contributed by atoms with Crippen LogP contribution < -0.4 is 5.32 Å². The van der Waals surface area contributed by atoms with Crippen molar-refractivity contribution in [2.24, 2.45) is 0 Å². The SMILES string of the molecule is O=C(O)C(=O)O.c1cncc(CNCCCN2CCOCC2)c1. The molecule has 0 atom stereocenters. The fraction of sp³-hybridized carbons (Fsp3) is 0.533. The Hall–Kier alpha value is -2.03. The highest BCUT2D eigenvalue weighted by atomic mass is 16.5. The van der Waals surface area contributed by atoms with Gasteiger partial charge in [0.1, 0.15) is 0 Å². The molecule has 1 fully saturated rings. The minimum atomic E-state index is -1.82. The van der Waals surface area contributed by atoms with E-state index in [1.165, 1.54) is 18.5 Å². The summed E-state index contributed by atoms with van der Waals surface area (Å²) < 4.78 is 5.32. The van der Waals surface area contributed by atoms with Gasteiger partial charge in [-0.2, -0.15) is 0 Å². The second-order valence-corrected chi connectivity index (χ2v) is 4.96. The molecule has 0 aliphatic carbocycles. The van der Waals surface area contributed by atoms with Gasteiger partial charge in [0.2, 0.25) is 0 Å². The maximum atomic E-state index is 9.10. The number of rotatable bonds is 6. The maximum Gasteiger partial charge on any atom is 0.414 e. The number of ether oxygens (including phenoxy) is 1. The Balaban J connectivity index is 0.000000379. The van der Waals surface area contributed by atoms with Crippen LogP contribution in [0.15, 0.2) is 24.5 Å².